The molecule has 0 aliphatic heterocycles. The molecule has 0 saturated heterocycles. The highest BCUT2D eigenvalue weighted by atomic mass is 35.5. The van der Waals surface area contributed by atoms with Crippen LogP contribution in [0.4, 0.5) is 10.1 Å². The lowest BCUT2D eigenvalue weighted by molar-refractivity contribution is 0.626. The van der Waals surface area contributed by atoms with Gasteiger partial charge in [0.2, 0.25) is 0 Å². The number of halogens is 2. The van der Waals surface area contributed by atoms with Gasteiger partial charge in [0.05, 0.1) is 23.0 Å². The molecule has 0 aliphatic rings. The Morgan fingerprint density at radius 1 is 1.00 bits per heavy atom. The second-order valence-corrected chi connectivity index (χ2v) is 7.26. The smallest absolute Gasteiger partial charge is 0.153 e. The molecule has 4 aromatic rings. The molecule has 0 saturated carbocycles. The van der Waals surface area contributed by atoms with Gasteiger partial charge in [0.15, 0.2) is 5.15 Å². The summed E-state index contributed by atoms with van der Waals surface area (Å²) in [6.07, 6.45) is 5.01. The van der Waals surface area contributed by atoms with Crippen molar-refractivity contribution in [3.8, 4) is 11.1 Å². The lowest BCUT2D eigenvalue weighted by Gasteiger charge is -2.11. The van der Waals surface area contributed by atoms with Gasteiger partial charge < -0.3 is 0 Å². The molecule has 5 nitrogen and oxygen atoms in total. The molecule has 4 rings (SSSR count). The van der Waals surface area contributed by atoms with Gasteiger partial charge in [0.1, 0.15) is 16.8 Å². The molecular weight excluding hydrogens is 387 g/mol. The zero-order valence-corrected chi connectivity index (χ0v) is 15.3. The number of nitrogens with one attached hydrogen (secondary N) is 1. The number of nitrogens with zero attached hydrogens (tertiary/aromatic N) is 3. The highest BCUT2D eigenvalue weighted by Crippen LogP contribution is 2.31. The average molecular weight is 399 g/mol. The van der Waals surface area contributed by atoms with Crippen LogP contribution in [0.2, 0.25) is 5.15 Å². The van der Waals surface area contributed by atoms with Crippen molar-refractivity contribution in [1.82, 2.24) is 15.2 Å². The second kappa shape index (κ2) is 7.38. The van der Waals surface area contributed by atoms with Crippen LogP contribution in [0.1, 0.15) is 0 Å². The second-order valence-electron chi connectivity index (χ2n) is 5.68. The largest absolute Gasteiger partial charge is 0.298 e. The lowest BCUT2D eigenvalue weighted by Crippen LogP contribution is -2.06. The van der Waals surface area contributed by atoms with Crippen molar-refractivity contribution < 1.29 is 8.60 Å². The Balaban J connectivity index is 1.71. The fourth-order valence-electron chi connectivity index (χ4n) is 2.66. The van der Waals surface area contributed by atoms with E-state index in [2.05, 4.69) is 19.9 Å². The SMILES string of the molecule is O=S(Nc1cc(-c2cccc3cnncc23)cnc1Cl)c1ccc(F)cc1. The number of rotatable bonds is 4. The number of hydrogen-bond acceptors (Lipinski definition) is 4. The Labute approximate surface area is 161 Å². The predicted molar refractivity (Wildman–Crippen MR) is 104 cm³/mol. The molecule has 2 aromatic heterocycles. The van der Waals surface area contributed by atoms with Crippen LogP contribution >= 0.6 is 11.6 Å². The Bertz CT molecular complexity index is 1150. The van der Waals surface area contributed by atoms with E-state index in [9.17, 15) is 8.60 Å². The van der Waals surface area contributed by atoms with Crippen LogP contribution in [-0.4, -0.2) is 19.4 Å². The first kappa shape index (κ1) is 17.5. The highest BCUT2D eigenvalue weighted by molar-refractivity contribution is 7.86. The van der Waals surface area contributed by atoms with Crippen LogP contribution in [0.15, 0.2) is 72.0 Å². The van der Waals surface area contributed by atoms with Crippen molar-refractivity contribution >= 4 is 39.0 Å². The Morgan fingerprint density at radius 3 is 2.59 bits per heavy atom. The number of benzene rings is 2. The minimum Gasteiger partial charge on any atom is -0.298 e. The number of pyridine rings is 1. The number of aromatic nitrogens is 3. The average Bonchev–Trinajstić information content (AvgIpc) is 2.70. The van der Waals surface area contributed by atoms with E-state index in [-0.39, 0.29) is 5.15 Å². The van der Waals surface area contributed by atoms with Crippen LogP contribution in [0.5, 0.6) is 0 Å². The van der Waals surface area contributed by atoms with Crippen molar-refractivity contribution in [3.05, 3.63) is 78.1 Å². The Morgan fingerprint density at radius 2 is 1.78 bits per heavy atom. The third-order valence-corrected chi connectivity index (χ3v) is 5.38. The standard InChI is InChI=1S/C19H12ClFN4OS/c20-19-18(25-27(26)15-6-4-14(21)5-7-15)8-13(9-22-19)16-3-1-2-12-10-23-24-11-17(12)16/h1-11,25H. The molecule has 134 valence electrons. The van der Waals surface area contributed by atoms with Crippen LogP contribution in [0, 0.1) is 5.82 Å². The molecule has 27 heavy (non-hydrogen) atoms. The fraction of sp³-hybridized carbons (Fsp3) is 0. The zero-order chi connectivity index (χ0) is 18.8. The van der Waals surface area contributed by atoms with Crippen molar-refractivity contribution in [3.63, 3.8) is 0 Å². The number of hydrogen-bond donors (Lipinski definition) is 1. The first-order chi connectivity index (χ1) is 13.1. The fourth-order valence-corrected chi connectivity index (χ4v) is 3.73. The quantitative estimate of drug-likeness (QED) is 0.509. The molecule has 0 fully saturated rings. The molecule has 2 aromatic carbocycles. The van der Waals surface area contributed by atoms with Gasteiger partial charge in [-0.1, -0.05) is 29.8 Å². The minimum atomic E-state index is -1.61. The van der Waals surface area contributed by atoms with Gasteiger partial charge in [-0.05, 0) is 35.9 Å². The van der Waals surface area contributed by atoms with Gasteiger partial charge in [-0.15, -0.1) is 0 Å². The normalized spacial score (nSPS) is 12.1. The molecule has 2 heterocycles. The molecule has 1 atom stereocenters. The molecule has 8 heteroatoms. The summed E-state index contributed by atoms with van der Waals surface area (Å²) in [4.78, 5) is 4.62. The number of fused-ring (bicyclic) bond motifs is 1. The van der Waals surface area contributed by atoms with Gasteiger partial charge >= 0.3 is 0 Å². The van der Waals surface area contributed by atoms with Crippen molar-refractivity contribution in [2.24, 2.45) is 0 Å². The number of anilines is 1. The molecule has 1 N–H and O–H groups in total. The van der Waals surface area contributed by atoms with E-state index < -0.39 is 16.8 Å². The third kappa shape index (κ3) is 3.65. The molecule has 0 radical (unpaired) electrons. The van der Waals surface area contributed by atoms with Gasteiger partial charge in [0.25, 0.3) is 0 Å². The summed E-state index contributed by atoms with van der Waals surface area (Å²) in [7, 11) is -1.61. The molecule has 0 aliphatic carbocycles. The zero-order valence-electron chi connectivity index (χ0n) is 13.8. The maximum atomic E-state index is 13.0. The monoisotopic (exact) mass is 398 g/mol. The van der Waals surface area contributed by atoms with Gasteiger partial charge in [-0.25, -0.2) is 13.6 Å². The van der Waals surface area contributed by atoms with Crippen molar-refractivity contribution in [2.45, 2.75) is 4.90 Å². The molecular formula is C19H12ClFN4OS. The van der Waals surface area contributed by atoms with E-state index in [4.69, 9.17) is 11.6 Å². The highest BCUT2D eigenvalue weighted by Gasteiger charge is 2.12. The summed E-state index contributed by atoms with van der Waals surface area (Å²) in [5, 5.41) is 9.89. The van der Waals surface area contributed by atoms with Crippen molar-refractivity contribution in [1.29, 1.82) is 0 Å². The third-order valence-electron chi connectivity index (χ3n) is 3.97. The van der Waals surface area contributed by atoms with Crippen LogP contribution < -0.4 is 4.72 Å². The molecule has 0 spiro atoms. The van der Waals surface area contributed by atoms with E-state index in [1.807, 2.05) is 18.2 Å². The Hall–Kier alpha value is -2.90. The molecule has 0 amide bonds. The first-order valence-corrected chi connectivity index (χ1v) is 9.44. The van der Waals surface area contributed by atoms with Crippen LogP contribution in [0.25, 0.3) is 21.9 Å². The summed E-state index contributed by atoms with van der Waals surface area (Å²) >= 11 is 6.17. The van der Waals surface area contributed by atoms with Gasteiger partial charge in [-0.2, -0.15) is 10.2 Å². The molecule has 1 unspecified atom stereocenters. The summed E-state index contributed by atoms with van der Waals surface area (Å²) in [6.45, 7) is 0. The van der Waals surface area contributed by atoms with Crippen LogP contribution in [-0.2, 0) is 11.0 Å². The maximum absolute atomic E-state index is 13.0. The van der Waals surface area contributed by atoms with E-state index in [0.717, 1.165) is 21.9 Å². The van der Waals surface area contributed by atoms with E-state index >= 15 is 0 Å². The predicted octanol–water partition coefficient (Wildman–Crippen LogP) is 4.62. The molecule has 0 bridgehead atoms. The van der Waals surface area contributed by atoms with Gasteiger partial charge in [-0.3, -0.25) is 4.72 Å². The topological polar surface area (TPSA) is 67.8 Å². The van der Waals surface area contributed by atoms with Crippen molar-refractivity contribution in [2.75, 3.05) is 4.72 Å². The summed E-state index contributed by atoms with van der Waals surface area (Å²) < 4.78 is 28.4. The maximum Gasteiger partial charge on any atom is 0.153 e. The summed E-state index contributed by atoms with van der Waals surface area (Å²) in [6, 6.07) is 13.0. The Kier molecular flexibility index (Phi) is 4.79. The van der Waals surface area contributed by atoms with E-state index in [0.29, 0.717) is 10.6 Å². The summed E-state index contributed by atoms with van der Waals surface area (Å²) in [5.74, 6) is -0.392. The van der Waals surface area contributed by atoms with E-state index in [1.54, 1.807) is 24.7 Å². The van der Waals surface area contributed by atoms with E-state index in [1.165, 1.54) is 24.3 Å². The van der Waals surface area contributed by atoms with Gasteiger partial charge in [0, 0.05) is 22.5 Å². The first-order valence-electron chi connectivity index (χ1n) is 7.91. The summed E-state index contributed by atoms with van der Waals surface area (Å²) in [5.41, 5.74) is 2.11. The van der Waals surface area contributed by atoms with Crippen LogP contribution in [0.3, 0.4) is 0 Å². The lowest BCUT2D eigenvalue weighted by atomic mass is 10.0. The minimum absolute atomic E-state index is 0.189.